The smallest absolute Gasteiger partial charge is 0.255 e. The van der Waals surface area contributed by atoms with Gasteiger partial charge in [0.2, 0.25) is 5.95 Å². The molecule has 2 aliphatic heterocycles. The number of anilines is 1. The third-order valence-electron chi connectivity index (χ3n) is 4.45. The SMILES string of the molecule is Cc1ncc(N2C=C([C@H]3CCCN(C(=O)c4ccc(F)nc4)C3)ON2)s1. The van der Waals surface area contributed by atoms with Crippen molar-refractivity contribution >= 4 is 22.2 Å². The van der Waals surface area contributed by atoms with Crippen molar-refractivity contribution < 1.29 is 14.0 Å². The molecule has 7 nitrogen and oxygen atoms in total. The number of amides is 1. The third-order valence-corrected chi connectivity index (χ3v) is 5.36. The van der Waals surface area contributed by atoms with Crippen molar-refractivity contribution in [3.8, 4) is 0 Å². The van der Waals surface area contributed by atoms with Crippen LogP contribution in [0.25, 0.3) is 0 Å². The Labute approximate surface area is 154 Å². The molecule has 0 spiro atoms. The van der Waals surface area contributed by atoms with Gasteiger partial charge in [0.15, 0.2) is 0 Å². The maximum absolute atomic E-state index is 13.0. The molecule has 0 aromatic carbocycles. The number of carbonyl (C=O) groups is 1. The van der Waals surface area contributed by atoms with Gasteiger partial charge in [-0.05, 0) is 31.9 Å². The molecule has 4 rings (SSSR count). The number of halogens is 1. The number of thiazole rings is 1. The minimum absolute atomic E-state index is 0.104. The standard InChI is InChI=1S/C17H18FN5O2S/c1-11-19-8-16(26-11)23-10-14(25-21-23)13-3-2-6-22(9-13)17(24)12-4-5-15(18)20-7-12/h4-5,7-8,10,13,21H,2-3,6,9H2,1H3/t13-/m0/s1. The molecule has 0 radical (unpaired) electrons. The van der Waals surface area contributed by atoms with Gasteiger partial charge in [0.25, 0.3) is 5.91 Å². The summed E-state index contributed by atoms with van der Waals surface area (Å²) in [5, 5.41) is 3.72. The monoisotopic (exact) mass is 375 g/mol. The summed E-state index contributed by atoms with van der Waals surface area (Å²) >= 11 is 1.56. The summed E-state index contributed by atoms with van der Waals surface area (Å²) in [4.78, 5) is 27.8. The first-order valence-corrected chi connectivity index (χ1v) is 9.18. The molecule has 2 aromatic heterocycles. The van der Waals surface area contributed by atoms with E-state index in [1.165, 1.54) is 18.3 Å². The third kappa shape index (κ3) is 3.40. The molecule has 0 unspecified atom stereocenters. The molecule has 1 amide bonds. The molecule has 136 valence electrons. The number of hydrogen-bond donors (Lipinski definition) is 1. The number of hydrazine groups is 1. The van der Waals surface area contributed by atoms with Crippen LogP contribution in [0.3, 0.4) is 0 Å². The van der Waals surface area contributed by atoms with E-state index in [2.05, 4.69) is 15.6 Å². The van der Waals surface area contributed by atoms with E-state index in [1.54, 1.807) is 27.4 Å². The number of piperidine rings is 1. The van der Waals surface area contributed by atoms with Crippen LogP contribution in [0.2, 0.25) is 0 Å². The van der Waals surface area contributed by atoms with Gasteiger partial charge in [-0.3, -0.25) is 4.79 Å². The topological polar surface area (TPSA) is 70.6 Å². The minimum Gasteiger partial charge on any atom is -0.391 e. The van der Waals surface area contributed by atoms with Crippen LogP contribution in [0.5, 0.6) is 0 Å². The molecular formula is C17H18FN5O2S. The first-order chi connectivity index (χ1) is 12.6. The van der Waals surface area contributed by atoms with Crippen LogP contribution in [0.15, 0.2) is 36.5 Å². The zero-order valence-electron chi connectivity index (χ0n) is 14.2. The predicted molar refractivity (Wildman–Crippen MR) is 94.5 cm³/mol. The highest BCUT2D eigenvalue weighted by Gasteiger charge is 2.31. The molecule has 0 saturated carbocycles. The molecule has 2 aliphatic rings. The summed E-state index contributed by atoms with van der Waals surface area (Å²) in [5.41, 5.74) is 3.27. The van der Waals surface area contributed by atoms with E-state index >= 15 is 0 Å². The average molecular weight is 375 g/mol. The fourth-order valence-electron chi connectivity index (χ4n) is 3.12. The molecule has 1 N–H and O–H groups in total. The van der Waals surface area contributed by atoms with Crippen molar-refractivity contribution in [2.75, 3.05) is 18.1 Å². The summed E-state index contributed by atoms with van der Waals surface area (Å²) in [6, 6.07) is 2.67. The number of aryl methyl sites for hydroxylation is 1. The van der Waals surface area contributed by atoms with E-state index in [0.29, 0.717) is 18.7 Å². The Morgan fingerprint density at radius 2 is 2.27 bits per heavy atom. The zero-order valence-corrected chi connectivity index (χ0v) is 15.0. The van der Waals surface area contributed by atoms with Crippen molar-refractivity contribution in [1.29, 1.82) is 0 Å². The summed E-state index contributed by atoms with van der Waals surface area (Å²) in [6.07, 6.45) is 6.79. The lowest BCUT2D eigenvalue weighted by Crippen LogP contribution is -2.40. The van der Waals surface area contributed by atoms with Gasteiger partial charge >= 0.3 is 0 Å². The lowest BCUT2D eigenvalue weighted by molar-refractivity contribution is 0.0578. The Morgan fingerprint density at radius 3 is 3.00 bits per heavy atom. The first-order valence-electron chi connectivity index (χ1n) is 8.37. The number of nitrogens with zero attached hydrogens (tertiary/aromatic N) is 4. The fraction of sp³-hybridized carbons (Fsp3) is 0.353. The number of rotatable bonds is 3. The van der Waals surface area contributed by atoms with Gasteiger partial charge in [0.05, 0.1) is 23.0 Å². The maximum Gasteiger partial charge on any atom is 0.255 e. The highest BCUT2D eigenvalue weighted by atomic mass is 32.1. The second-order valence-electron chi connectivity index (χ2n) is 6.27. The Bertz CT molecular complexity index is 838. The van der Waals surface area contributed by atoms with E-state index in [0.717, 1.165) is 28.6 Å². The molecule has 26 heavy (non-hydrogen) atoms. The highest BCUT2D eigenvalue weighted by molar-refractivity contribution is 7.15. The molecular weight excluding hydrogens is 357 g/mol. The van der Waals surface area contributed by atoms with Crippen LogP contribution in [-0.4, -0.2) is 33.9 Å². The van der Waals surface area contributed by atoms with Crippen LogP contribution in [0.4, 0.5) is 9.39 Å². The predicted octanol–water partition coefficient (Wildman–Crippen LogP) is 2.64. The number of aromatic nitrogens is 2. The van der Waals surface area contributed by atoms with Gasteiger partial charge in [-0.25, -0.2) is 15.0 Å². The second kappa shape index (κ2) is 7.00. The molecule has 1 atom stereocenters. The van der Waals surface area contributed by atoms with Gasteiger partial charge in [-0.15, -0.1) is 11.3 Å². The van der Waals surface area contributed by atoms with Crippen LogP contribution in [-0.2, 0) is 4.84 Å². The number of carbonyl (C=O) groups excluding carboxylic acids is 1. The molecule has 1 fully saturated rings. The normalized spacial score (nSPS) is 20.1. The van der Waals surface area contributed by atoms with E-state index in [1.807, 2.05) is 13.1 Å². The lowest BCUT2D eigenvalue weighted by atomic mass is 9.96. The molecule has 0 bridgehead atoms. The highest BCUT2D eigenvalue weighted by Crippen LogP contribution is 2.30. The second-order valence-corrected chi connectivity index (χ2v) is 7.49. The number of pyridine rings is 1. The van der Waals surface area contributed by atoms with Crippen molar-refractivity contribution in [2.45, 2.75) is 19.8 Å². The van der Waals surface area contributed by atoms with E-state index in [4.69, 9.17) is 4.84 Å². The van der Waals surface area contributed by atoms with Crippen molar-refractivity contribution in [2.24, 2.45) is 5.92 Å². The Kier molecular flexibility index (Phi) is 4.56. The summed E-state index contributed by atoms with van der Waals surface area (Å²) in [6.45, 7) is 3.18. The van der Waals surface area contributed by atoms with Gasteiger partial charge in [-0.2, -0.15) is 4.39 Å². The maximum atomic E-state index is 13.0. The fourth-order valence-corrected chi connectivity index (χ4v) is 3.82. The molecule has 4 heterocycles. The largest absolute Gasteiger partial charge is 0.391 e. The Balaban J connectivity index is 1.45. The Morgan fingerprint density at radius 1 is 1.38 bits per heavy atom. The molecule has 1 saturated heterocycles. The lowest BCUT2D eigenvalue weighted by Gasteiger charge is -2.32. The summed E-state index contributed by atoms with van der Waals surface area (Å²) in [7, 11) is 0. The minimum atomic E-state index is -0.591. The summed E-state index contributed by atoms with van der Waals surface area (Å²) in [5.74, 6) is 0.175. The van der Waals surface area contributed by atoms with Crippen LogP contribution in [0, 0.1) is 18.8 Å². The van der Waals surface area contributed by atoms with Gasteiger partial charge in [-0.1, -0.05) is 5.59 Å². The van der Waals surface area contributed by atoms with Gasteiger partial charge in [0.1, 0.15) is 10.8 Å². The average Bonchev–Trinajstić information content (AvgIpc) is 3.31. The van der Waals surface area contributed by atoms with E-state index in [-0.39, 0.29) is 11.8 Å². The molecule has 0 aliphatic carbocycles. The molecule has 2 aromatic rings. The zero-order chi connectivity index (χ0) is 18.1. The number of likely N-dealkylation sites (tertiary alicyclic amines) is 1. The van der Waals surface area contributed by atoms with E-state index < -0.39 is 5.95 Å². The van der Waals surface area contributed by atoms with Crippen LogP contribution in [0.1, 0.15) is 28.2 Å². The quantitative estimate of drug-likeness (QED) is 0.832. The van der Waals surface area contributed by atoms with Crippen molar-refractivity contribution in [3.05, 3.63) is 53.0 Å². The van der Waals surface area contributed by atoms with Crippen LogP contribution >= 0.6 is 11.3 Å². The Hall–Kier alpha value is -2.52. The number of hydrogen-bond acceptors (Lipinski definition) is 7. The molecule has 9 heteroatoms. The van der Waals surface area contributed by atoms with Gasteiger partial charge < -0.3 is 9.74 Å². The van der Waals surface area contributed by atoms with Crippen LogP contribution < -0.4 is 10.6 Å². The van der Waals surface area contributed by atoms with Gasteiger partial charge in [0, 0.05) is 25.2 Å². The summed E-state index contributed by atoms with van der Waals surface area (Å²) < 4.78 is 13.0. The first kappa shape index (κ1) is 16.9. The van der Waals surface area contributed by atoms with Crippen molar-refractivity contribution in [1.82, 2.24) is 20.5 Å². The number of nitrogens with one attached hydrogen (secondary N) is 1. The van der Waals surface area contributed by atoms with Crippen molar-refractivity contribution in [3.63, 3.8) is 0 Å². The van der Waals surface area contributed by atoms with E-state index in [9.17, 15) is 9.18 Å².